The largest absolute Gasteiger partial charge is 0.308 e. The van der Waals surface area contributed by atoms with Gasteiger partial charge in [0, 0.05) is 30.2 Å². The van der Waals surface area contributed by atoms with Gasteiger partial charge in [0.05, 0.1) is 0 Å². The van der Waals surface area contributed by atoms with Crippen molar-refractivity contribution < 1.29 is 0 Å². The molecular weight excluding hydrogens is 290 g/mol. The zero-order valence-corrected chi connectivity index (χ0v) is 14.1. The van der Waals surface area contributed by atoms with Gasteiger partial charge in [-0.3, -0.25) is 0 Å². The fourth-order valence-corrected chi connectivity index (χ4v) is 3.77. The van der Waals surface area contributed by atoms with Crippen LogP contribution >= 0.6 is 11.3 Å². The van der Waals surface area contributed by atoms with Crippen LogP contribution in [0.1, 0.15) is 30.3 Å². The van der Waals surface area contributed by atoms with Gasteiger partial charge in [-0.1, -0.05) is 30.3 Å². The zero-order valence-electron chi connectivity index (χ0n) is 13.2. The zero-order chi connectivity index (χ0) is 15.2. The van der Waals surface area contributed by atoms with E-state index in [1.54, 1.807) is 11.3 Å². The van der Waals surface area contributed by atoms with E-state index < -0.39 is 0 Å². The van der Waals surface area contributed by atoms with Crippen LogP contribution in [0.25, 0.3) is 0 Å². The lowest BCUT2D eigenvalue weighted by Gasteiger charge is -2.36. The first-order valence-corrected chi connectivity index (χ1v) is 9.09. The van der Waals surface area contributed by atoms with Crippen LogP contribution in [-0.2, 0) is 13.0 Å². The Morgan fingerprint density at radius 1 is 1.27 bits per heavy atom. The summed E-state index contributed by atoms with van der Waals surface area (Å²) >= 11 is 1.73. The first-order chi connectivity index (χ1) is 10.8. The molecule has 2 heterocycles. The highest BCUT2D eigenvalue weighted by molar-refractivity contribution is 7.09. The minimum Gasteiger partial charge on any atom is -0.308 e. The Balaban J connectivity index is 1.41. The summed E-state index contributed by atoms with van der Waals surface area (Å²) < 4.78 is 0. The Morgan fingerprint density at radius 2 is 2.05 bits per heavy atom. The maximum atomic E-state index is 4.34. The average molecular weight is 315 g/mol. The van der Waals surface area contributed by atoms with Crippen LogP contribution in [0.5, 0.6) is 0 Å². The number of rotatable bonds is 6. The molecule has 0 aliphatic carbocycles. The fraction of sp³-hybridized carbons (Fsp3) is 0.500. The van der Waals surface area contributed by atoms with Gasteiger partial charge in [-0.05, 0) is 44.8 Å². The van der Waals surface area contributed by atoms with Gasteiger partial charge in [0.15, 0.2) is 0 Å². The van der Waals surface area contributed by atoms with Crippen molar-refractivity contribution in [2.24, 2.45) is 0 Å². The third-order valence-electron chi connectivity index (χ3n) is 4.55. The molecular formula is C18H25N3S. The van der Waals surface area contributed by atoms with Crippen LogP contribution in [0.4, 0.5) is 0 Å². The van der Waals surface area contributed by atoms with Crippen LogP contribution in [0, 0.1) is 0 Å². The first-order valence-electron chi connectivity index (χ1n) is 8.21. The molecule has 0 saturated carbocycles. The van der Waals surface area contributed by atoms with Gasteiger partial charge in [-0.2, -0.15) is 0 Å². The Hall–Kier alpha value is -1.23. The second kappa shape index (κ2) is 7.86. The summed E-state index contributed by atoms with van der Waals surface area (Å²) in [5, 5.41) is 6.90. The highest BCUT2D eigenvalue weighted by Crippen LogP contribution is 2.17. The smallest absolute Gasteiger partial charge is 0.106 e. The molecule has 1 fully saturated rings. The molecule has 1 aromatic heterocycles. The molecule has 22 heavy (non-hydrogen) atoms. The van der Waals surface area contributed by atoms with E-state index >= 15 is 0 Å². The molecule has 1 atom stereocenters. The van der Waals surface area contributed by atoms with Crippen molar-refractivity contribution in [3.63, 3.8) is 0 Å². The molecule has 1 unspecified atom stereocenters. The van der Waals surface area contributed by atoms with Crippen molar-refractivity contribution in [3.05, 3.63) is 52.5 Å². The summed E-state index contributed by atoms with van der Waals surface area (Å²) in [7, 11) is 0. The molecule has 0 amide bonds. The number of likely N-dealkylation sites (tertiary alicyclic amines) is 1. The number of aromatic nitrogens is 1. The van der Waals surface area contributed by atoms with Crippen molar-refractivity contribution >= 4 is 11.3 Å². The quantitative estimate of drug-likeness (QED) is 0.886. The van der Waals surface area contributed by atoms with Gasteiger partial charge < -0.3 is 10.2 Å². The molecule has 2 aromatic rings. The minimum absolute atomic E-state index is 0.627. The number of nitrogens with one attached hydrogen (secondary N) is 1. The summed E-state index contributed by atoms with van der Waals surface area (Å²) in [5.74, 6) is 0. The second-order valence-corrected chi connectivity index (χ2v) is 7.13. The monoisotopic (exact) mass is 315 g/mol. The van der Waals surface area contributed by atoms with E-state index in [0.717, 1.165) is 13.0 Å². The molecule has 0 spiro atoms. The van der Waals surface area contributed by atoms with Gasteiger partial charge in [0.2, 0.25) is 0 Å². The number of nitrogens with zero attached hydrogens (tertiary/aromatic N) is 2. The van der Waals surface area contributed by atoms with Crippen LogP contribution in [0.15, 0.2) is 41.9 Å². The first kappa shape index (κ1) is 15.7. The van der Waals surface area contributed by atoms with E-state index in [1.165, 1.54) is 36.5 Å². The number of piperidine rings is 1. The van der Waals surface area contributed by atoms with Gasteiger partial charge in [-0.15, -0.1) is 11.3 Å². The predicted molar refractivity (Wildman–Crippen MR) is 93.2 cm³/mol. The molecule has 1 aliphatic heterocycles. The molecule has 0 bridgehead atoms. The van der Waals surface area contributed by atoms with Crippen molar-refractivity contribution in [2.45, 2.75) is 44.8 Å². The van der Waals surface area contributed by atoms with E-state index in [0.29, 0.717) is 12.1 Å². The highest BCUT2D eigenvalue weighted by atomic mass is 32.1. The van der Waals surface area contributed by atoms with Crippen molar-refractivity contribution in [1.82, 2.24) is 15.2 Å². The Labute approximate surface area is 137 Å². The van der Waals surface area contributed by atoms with Crippen LogP contribution in [0.2, 0.25) is 0 Å². The van der Waals surface area contributed by atoms with Crippen molar-refractivity contribution in [1.29, 1.82) is 0 Å². The SMILES string of the molecule is CC(Cc1ccccc1)N1CCC(NCc2nccs2)CC1. The lowest BCUT2D eigenvalue weighted by atomic mass is 10.0. The van der Waals surface area contributed by atoms with Gasteiger partial charge in [-0.25, -0.2) is 4.98 Å². The molecule has 4 heteroatoms. The number of benzene rings is 1. The summed E-state index contributed by atoms with van der Waals surface area (Å²) in [6, 6.07) is 12.1. The van der Waals surface area contributed by atoms with Crippen molar-refractivity contribution in [3.8, 4) is 0 Å². The van der Waals surface area contributed by atoms with Gasteiger partial charge in [0.25, 0.3) is 0 Å². The second-order valence-electron chi connectivity index (χ2n) is 6.16. The van der Waals surface area contributed by atoms with Crippen molar-refractivity contribution in [2.75, 3.05) is 13.1 Å². The van der Waals surface area contributed by atoms with E-state index in [9.17, 15) is 0 Å². The molecule has 3 nitrogen and oxygen atoms in total. The van der Waals surface area contributed by atoms with Gasteiger partial charge >= 0.3 is 0 Å². The van der Waals surface area contributed by atoms with Crippen LogP contribution in [-0.4, -0.2) is 35.1 Å². The van der Waals surface area contributed by atoms with E-state index in [4.69, 9.17) is 0 Å². The maximum absolute atomic E-state index is 4.34. The summed E-state index contributed by atoms with van der Waals surface area (Å²) in [4.78, 5) is 6.97. The third kappa shape index (κ3) is 4.38. The fourth-order valence-electron chi connectivity index (χ4n) is 3.20. The highest BCUT2D eigenvalue weighted by Gasteiger charge is 2.22. The maximum Gasteiger partial charge on any atom is 0.106 e. The topological polar surface area (TPSA) is 28.2 Å². The molecule has 1 saturated heterocycles. The minimum atomic E-state index is 0.627. The Bertz CT molecular complexity index is 533. The van der Waals surface area contributed by atoms with E-state index in [1.807, 2.05) is 11.6 Å². The number of hydrogen-bond acceptors (Lipinski definition) is 4. The molecule has 1 aliphatic rings. The van der Waals surface area contributed by atoms with E-state index in [-0.39, 0.29) is 0 Å². The standard InChI is InChI=1S/C18H25N3S/c1-15(13-16-5-3-2-4-6-16)21-10-7-17(8-11-21)20-14-18-19-9-12-22-18/h2-6,9,12,15,17,20H,7-8,10-11,13-14H2,1H3. The normalized spacial score (nSPS) is 18.4. The number of hydrogen-bond donors (Lipinski definition) is 1. The molecule has 3 rings (SSSR count). The summed E-state index contributed by atoms with van der Waals surface area (Å²) in [6.07, 6.45) is 5.52. The number of thiazole rings is 1. The third-order valence-corrected chi connectivity index (χ3v) is 5.33. The Kier molecular flexibility index (Phi) is 5.59. The predicted octanol–water partition coefficient (Wildman–Crippen LogP) is 3.33. The summed E-state index contributed by atoms with van der Waals surface area (Å²) in [6.45, 7) is 5.67. The summed E-state index contributed by atoms with van der Waals surface area (Å²) in [5.41, 5.74) is 1.44. The Morgan fingerprint density at radius 3 is 2.73 bits per heavy atom. The molecule has 1 aromatic carbocycles. The molecule has 118 valence electrons. The molecule has 0 radical (unpaired) electrons. The van der Waals surface area contributed by atoms with Crippen LogP contribution in [0.3, 0.4) is 0 Å². The van der Waals surface area contributed by atoms with Crippen LogP contribution < -0.4 is 5.32 Å². The lowest BCUT2D eigenvalue weighted by molar-refractivity contribution is 0.151. The van der Waals surface area contributed by atoms with Gasteiger partial charge in [0.1, 0.15) is 5.01 Å². The lowest BCUT2D eigenvalue weighted by Crippen LogP contribution is -2.46. The molecule has 1 N–H and O–H groups in total. The van der Waals surface area contributed by atoms with E-state index in [2.05, 4.69) is 52.5 Å². The average Bonchev–Trinajstić information content (AvgIpc) is 3.08.